The van der Waals surface area contributed by atoms with Gasteiger partial charge in [-0.2, -0.15) is 0 Å². The highest BCUT2D eigenvalue weighted by Gasteiger charge is 2.58. The molecule has 0 spiro atoms. The van der Waals surface area contributed by atoms with Crippen LogP contribution in [0.4, 0.5) is 0 Å². The van der Waals surface area contributed by atoms with Gasteiger partial charge in [-0.15, -0.1) is 0 Å². The number of carboxylic acids is 2. The third-order valence-corrected chi connectivity index (χ3v) is 3.36. The molecule has 0 aromatic heterocycles. The number of alkyl halides is 2. The number of hydrogen-bond acceptors (Lipinski definition) is 4. The van der Waals surface area contributed by atoms with Gasteiger partial charge in [-0.1, -0.05) is 0 Å². The van der Waals surface area contributed by atoms with Crippen LogP contribution in [-0.4, -0.2) is 41.4 Å². The largest absolute Gasteiger partial charge is 0.478 e. The summed E-state index contributed by atoms with van der Waals surface area (Å²) in [5, 5.41) is 34.4. The van der Waals surface area contributed by atoms with Gasteiger partial charge in [0.1, 0.15) is 0 Å². The molecule has 0 saturated heterocycles. The first-order valence-corrected chi connectivity index (χ1v) is 4.02. The molecule has 0 aliphatic carbocycles. The summed E-state index contributed by atoms with van der Waals surface area (Å²) in [7, 11) is 0. The number of aliphatic carboxylic acids is 2. The fraction of sp³-hybridized carbons (Fsp3) is 0.500. The molecule has 0 amide bonds. The minimum atomic E-state index is -2.98. The lowest BCUT2D eigenvalue weighted by molar-refractivity contribution is -0.172. The molecule has 0 rings (SSSR count). The molecule has 12 heavy (non-hydrogen) atoms. The Morgan fingerprint density at radius 1 is 0.917 bits per heavy atom. The molecule has 0 aromatic carbocycles. The second-order valence-electron chi connectivity index (χ2n) is 1.85. The smallest absolute Gasteiger partial charge is 0.351 e. The standard InChI is InChI=1S/C4H4Br2O6/c5-3(11,1(7)8)4(6,12)2(9)10/h11-12H,(H,7,8)(H,9,10). The van der Waals surface area contributed by atoms with E-state index in [1.807, 2.05) is 0 Å². The van der Waals surface area contributed by atoms with Crippen molar-refractivity contribution < 1.29 is 30.0 Å². The van der Waals surface area contributed by atoms with Crippen molar-refractivity contribution in [2.24, 2.45) is 0 Å². The molecule has 2 unspecified atom stereocenters. The zero-order chi connectivity index (χ0) is 10.2. The quantitative estimate of drug-likeness (QED) is 0.514. The van der Waals surface area contributed by atoms with Crippen LogP contribution >= 0.6 is 31.9 Å². The Hall–Kier alpha value is -0.180. The van der Waals surface area contributed by atoms with E-state index in [9.17, 15) is 9.59 Å². The molecule has 0 aliphatic rings. The van der Waals surface area contributed by atoms with Crippen molar-refractivity contribution in [1.29, 1.82) is 0 Å². The summed E-state index contributed by atoms with van der Waals surface area (Å²) in [4.78, 5) is 20.4. The van der Waals surface area contributed by atoms with Crippen LogP contribution in [0.2, 0.25) is 0 Å². The highest BCUT2D eigenvalue weighted by atomic mass is 79.9. The minimum absolute atomic E-state index is 1.93. The van der Waals surface area contributed by atoms with Gasteiger partial charge in [0.25, 0.3) is 9.02 Å². The van der Waals surface area contributed by atoms with Crippen LogP contribution < -0.4 is 0 Å². The minimum Gasteiger partial charge on any atom is -0.478 e. The van der Waals surface area contributed by atoms with E-state index in [2.05, 4.69) is 31.9 Å². The normalized spacial score (nSPS) is 20.7. The Balaban J connectivity index is 5.01. The van der Waals surface area contributed by atoms with Crippen LogP contribution in [0.3, 0.4) is 0 Å². The zero-order valence-electron chi connectivity index (χ0n) is 5.36. The van der Waals surface area contributed by atoms with Crippen molar-refractivity contribution >= 4 is 43.8 Å². The lowest BCUT2D eigenvalue weighted by Gasteiger charge is -2.26. The summed E-state index contributed by atoms with van der Waals surface area (Å²) in [6.45, 7) is 0. The fourth-order valence-electron chi connectivity index (χ4n) is 0.283. The third-order valence-electron chi connectivity index (χ3n) is 1.01. The molecule has 2 atom stereocenters. The van der Waals surface area contributed by atoms with E-state index in [4.69, 9.17) is 20.4 Å². The van der Waals surface area contributed by atoms with Crippen molar-refractivity contribution in [2.45, 2.75) is 9.02 Å². The van der Waals surface area contributed by atoms with E-state index in [1.165, 1.54) is 0 Å². The molecule has 4 N–H and O–H groups in total. The highest BCUT2D eigenvalue weighted by molar-refractivity contribution is 9.13. The SMILES string of the molecule is O=C(O)C(O)(Br)C(O)(Br)C(=O)O. The van der Waals surface area contributed by atoms with Gasteiger partial charge in [-0.25, -0.2) is 9.59 Å². The van der Waals surface area contributed by atoms with E-state index >= 15 is 0 Å². The van der Waals surface area contributed by atoms with Crippen molar-refractivity contribution in [3.63, 3.8) is 0 Å². The molecule has 0 aliphatic heterocycles. The fourth-order valence-corrected chi connectivity index (χ4v) is 0.623. The van der Waals surface area contributed by atoms with Crippen molar-refractivity contribution in [2.75, 3.05) is 0 Å². The van der Waals surface area contributed by atoms with E-state index in [0.29, 0.717) is 0 Å². The predicted molar refractivity (Wildman–Crippen MR) is 43.0 cm³/mol. The van der Waals surface area contributed by atoms with Gasteiger partial charge in [0.2, 0.25) is 0 Å². The molecule has 0 aromatic rings. The van der Waals surface area contributed by atoms with E-state index in [1.54, 1.807) is 0 Å². The Labute approximate surface area is 83.1 Å². The van der Waals surface area contributed by atoms with Gasteiger partial charge in [-0.3, -0.25) is 0 Å². The van der Waals surface area contributed by atoms with Crippen LogP contribution in [0.1, 0.15) is 0 Å². The Bertz CT molecular complexity index is 198. The second-order valence-corrected chi connectivity index (χ2v) is 4.15. The average molecular weight is 308 g/mol. The van der Waals surface area contributed by atoms with Crippen LogP contribution in [0.5, 0.6) is 0 Å². The molecule has 6 nitrogen and oxygen atoms in total. The monoisotopic (exact) mass is 306 g/mol. The molecule has 70 valence electrons. The predicted octanol–water partition coefficient (Wildman–Crippen LogP) is -0.677. The summed E-state index contributed by atoms with van der Waals surface area (Å²) in [6.07, 6.45) is 0. The lowest BCUT2D eigenvalue weighted by atomic mass is 10.2. The average Bonchev–Trinajstić information content (AvgIpc) is 1.86. The van der Waals surface area contributed by atoms with Crippen LogP contribution in [0, 0.1) is 0 Å². The van der Waals surface area contributed by atoms with E-state index in [0.717, 1.165) is 0 Å². The topological polar surface area (TPSA) is 115 Å². The Morgan fingerprint density at radius 3 is 1.17 bits per heavy atom. The second kappa shape index (κ2) is 3.29. The van der Waals surface area contributed by atoms with E-state index < -0.39 is 21.0 Å². The maximum Gasteiger partial charge on any atom is 0.351 e. The lowest BCUT2D eigenvalue weighted by Crippen LogP contribution is -2.55. The zero-order valence-corrected chi connectivity index (χ0v) is 8.53. The Morgan fingerprint density at radius 2 is 1.08 bits per heavy atom. The third kappa shape index (κ3) is 1.76. The van der Waals surface area contributed by atoms with Crippen LogP contribution in [0.25, 0.3) is 0 Å². The Kier molecular flexibility index (Phi) is 3.24. The molecule has 0 radical (unpaired) electrons. The number of aliphatic hydroxyl groups is 2. The van der Waals surface area contributed by atoms with Gasteiger partial charge in [0.15, 0.2) is 0 Å². The summed E-state index contributed by atoms with van der Waals surface area (Å²) >= 11 is 4.29. The first-order valence-electron chi connectivity index (χ1n) is 2.43. The van der Waals surface area contributed by atoms with Gasteiger partial charge in [-0.05, 0) is 31.9 Å². The highest BCUT2D eigenvalue weighted by Crippen LogP contribution is 2.34. The maximum absolute atomic E-state index is 10.2. The first kappa shape index (κ1) is 11.8. The summed E-state index contributed by atoms with van der Waals surface area (Å²) in [5.41, 5.74) is 0. The molecular formula is C4H4Br2O6. The van der Waals surface area contributed by atoms with Gasteiger partial charge in [0, 0.05) is 0 Å². The summed E-state index contributed by atoms with van der Waals surface area (Å²) < 4.78 is -5.96. The van der Waals surface area contributed by atoms with Crippen molar-refractivity contribution in [3.05, 3.63) is 0 Å². The van der Waals surface area contributed by atoms with Crippen LogP contribution in [0.15, 0.2) is 0 Å². The van der Waals surface area contributed by atoms with Crippen molar-refractivity contribution in [3.8, 4) is 0 Å². The molecular weight excluding hydrogens is 304 g/mol. The van der Waals surface area contributed by atoms with Gasteiger partial charge < -0.3 is 20.4 Å². The van der Waals surface area contributed by atoms with Gasteiger partial charge >= 0.3 is 11.9 Å². The number of carboxylic acid groups (broad SMARTS) is 2. The number of carbonyl (C=O) groups is 2. The molecule has 0 heterocycles. The number of rotatable bonds is 3. The van der Waals surface area contributed by atoms with E-state index in [-0.39, 0.29) is 0 Å². The molecule has 0 fully saturated rings. The summed E-state index contributed by atoms with van der Waals surface area (Å²) in [5.74, 6) is -3.85. The molecule has 8 heteroatoms. The van der Waals surface area contributed by atoms with Crippen LogP contribution in [-0.2, 0) is 9.59 Å². The first-order chi connectivity index (χ1) is 5.14. The number of halogens is 2. The van der Waals surface area contributed by atoms with Crippen molar-refractivity contribution in [1.82, 2.24) is 0 Å². The molecule has 0 saturated carbocycles. The number of hydrogen-bond donors (Lipinski definition) is 4. The summed E-state index contributed by atoms with van der Waals surface area (Å²) in [6, 6.07) is 0. The molecule has 0 bridgehead atoms. The van der Waals surface area contributed by atoms with Gasteiger partial charge in [0.05, 0.1) is 0 Å². The maximum atomic E-state index is 10.2.